The van der Waals surface area contributed by atoms with Crippen LogP contribution >= 0.6 is 0 Å². The third-order valence-corrected chi connectivity index (χ3v) is 4.60. The highest BCUT2D eigenvalue weighted by atomic mass is 16.2. The maximum atomic E-state index is 12.8. The minimum atomic E-state index is -0.0846. The van der Waals surface area contributed by atoms with Crippen LogP contribution in [0.4, 0.5) is 0 Å². The van der Waals surface area contributed by atoms with Gasteiger partial charge in [0.25, 0.3) is 0 Å². The molecule has 2 aromatic rings. The van der Waals surface area contributed by atoms with Crippen LogP contribution in [0.5, 0.6) is 0 Å². The normalized spacial score (nSPS) is 11.5. The van der Waals surface area contributed by atoms with Gasteiger partial charge in [-0.3, -0.25) is 14.3 Å². The Balaban J connectivity index is 2.07. The van der Waals surface area contributed by atoms with Crippen LogP contribution in [0.3, 0.4) is 0 Å². The Morgan fingerprint density at radius 1 is 1.08 bits per heavy atom. The van der Waals surface area contributed by atoms with Gasteiger partial charge in [0.05, 0.1) is 18.3 Å². The molecule has 1 aromatic carbocycles. The lowest BCUT2D eigenvalue weighted by Gasteiger charge is -2.25. The lowest BCUT2D eigenvalue weighted by atomic mass is 10.1. The molecule has 0 N–H and O–H groups in total. The summed E-state index contributed by atoms with van der Waals surface area (Å²) in [6.07, 6.45) is 3.77. The van der Waals surface area contributed by atoms with Gasteiger partial charge in [0.15, 0.2) is 0 Å². The number of rotatable bonds is 9. The van der Waals surface area contributed by atoms with Gasteiger partial charge in [0, 0.05) is 24.9 Å². The molecule has 0 aliphatic heterocycles. The summed E-state index contributed by atoms with van der Waals surface area (Å²) < 4.78 is 1.76. The molecule has 0 atom stereocenters. The minimum Gasteiger partial charge on any atom is -0.343 e. The number of amides is 1. The zero-order valence-corrected chi connectivity index (χ0v) is 16.4. The van der Waals surface area contributed by atoms with E-state index in [2.05, 4.69) is 32.8 Å². The number of benzene rings is 1. The number of hydrogen-bond donors (Lipinski definition) is 0. The highest BCUT2D eigenvalue weighted by Gasteiger charge is 2.15. The molecule has 0 unspecified atom stereocenters. The van der Waals surface area contributed by atoms with Crippen molar-refractivity contribution in [2.75, 3.05) is 13.1 Å². The van der Waals surface area contributed by atoms with Crippen molar-refractivity contribution in [1.29, 1.82) is 0 Å². The largest absolute Gasteiger partial charge is 0.343 e. The number of fused-ring (bicyclic) bond motifs is 1. The van der Waals surface area contributed by atoms with Crippen molar-refractivity contribution < 1.29 is 4.79 Å². The van der Waals surface area contributed by atoms with Crippen molar-refractivity contribution in [3.05, 3.63) is 40.7 Å². The Morgan fingerprint density at radius 2 is 1.69 bits per heavy atom. The first kappa shape index (κ1) is 20.1. The second kappa shape index (κ2) is 9.51. The average Bonchev–Trinajstić information content (AvgIpc) is 2.60. The van der Waals surface area contributed by atoms with Gasteiger partial charge < -0.3 is 4.90 Å². The summed E-state index contributed by atoms with van der Waals surface area (Å²) in [4.78, 5) is 26.7. The minimum absolute atomic E-state index is 0.0846. The van der Waals surface area contributed by atoms with Crippen molar-refractivity contribution in [3.8, 4) is 0 Å². The molecule has 26 heavy (non-hydrogen) atoms. The predicted octanol–water partition coefficient (Wildman–Crippen LogP) is 3.71. The standard InChI is InChI=1S/C21H31N3O2/c1-16(2)9-12-23(13-10-17(3)4)21(26)11-14-24-19-8-6-5-7-18(19)20(25)15-22-24/h5-8,15-17H,9-14H2,1-4H3. The van der Waals surface area contributed by atoms with Crippen molar-refractivity contribution in [1.82, 2.24) is 14.7 Å². The molecule has 0 aliphatic rings. The molecule has 1 amide bonds. The van der Waals surface area contributed by atoms with E-state index >= 15 is 0 Å². The number of aryl methyl sites for hydroxylation is 1. The highest BCUT2D eigenvalue weighted by molar-refractivity contribution is 5.79. The third kappa shape index (κ3) is 5.68. The van der Waals surface area contributed by atoms with E-state index in [0.717, 1.165) is 31.4 Å². The molecule has 5 nitrogen and oxygen atoms in total. The van der Waals surface area contributed by atoms with Crippen molar-refractivity contribution >= 4 is 16.8 Å². The van der Waals surface area contributed by atoms with Crippen LogP contribution in [-0.2, 0) is 11.3 Å². The van der Waals surface area contributed by atoms with Gasteiger partial charge >= 0.3 is 0 Å². The molecule has 5 heteroatoms. The molecule has 0 bridgehead atoms. The highest BCUT2D eigenvalue weighted by Crippen LogP contribution is 2.11. The van der Waals surface area contributed by atoms with E-state index in [9.17, 15) is 9.59 Å². The number of nitrogens with zero attached hydrogens (tertiary/aromatic N) is 3. The summed E-state index contributed by atoms with van der Waals surface area (Å²) in [5.41, 5.74) is 0.697. The molecule has 2 rings (SSSR count). The van der Waals surface area contributed by atoms with E-state index < -0.39 is 0 Å². The van der Waals surface area contributed by atoms with E-state index in [-0.39, 0.29) is 11.3 Å². The number of carbonyl (C=O) groups is 1. The van der Waals surface area contributed by atoms with E-state index in [1.54, 1.807) is 10.7 Å². The Bertz CT molecular complexity index is 768. The SMILES string of the molecule is CC(C)CCN(CCC(C)C)C(=O)CCn1ncc(=O)c2ccccc21. The molecule has 0 aliphatic carbocycles. The number of carbonyl (C=O) groups excluding carboxylic acids is 1. The van der Waals surface area contributed by atoms with Gasteiger partial charge in [-0.15, -0.1) is 0 Å². The first-order valence-electron chi connectivity index (χ1n) is 9.61. The summed E-state index contributed by atoms with van der Waals surface area (Å²) in [5, 5.41) is 4.86. The molecule has 1 aromatic heterocycles. The quantitative estimate of drug-likeness (QED) is 0.687. The van der Waals surface area contributed by atoms with Crippen LogP contribution in [0.2, 0.25) is 0 Å². The van der Waals surface area contributed by atoms with Gasteiger partial charge in [0.2, 0.25) is 11.3 Å². The zero-order valence-electron chi connectivity index (χ0n) is 16.4. The van der Waals surface area contributed by atoms with Crippen LogP contribution in [0.25, 0.3) is 10.9 Å². The first-order chi connectivity index (χ1) is 12.4. The monoisotopic (exact) mass is 357 g/mol. The summed E-state index contributed by atoms with van der Waals surface area (Å²) >= 11 is 0. The van der Waals surface area contributed by atoms with Crippen molar-refractivity contribution in [2.24, 2.45) is 11.8 Å². The van der Waals surface area contributed by atoms with Crippen LogP contribution < -0.4 is 5.43 Å². The number of para-hydroxylation sites is 1. The first-order valence-corrected chi connectivity index (χ1v) is 9.61. The van der Waals surface area contributed by atoms with Crippen LogP contribution in [-0.4, -0.2) is 33.7 Å². The Labute approximate surface area is 156 Å². The van der Waals surface area contributed by atoms with Gasteiger partial charge in [-0.25, -0.2) is 0 Å². The molecule has 1 heterocycles. The second-order valence-electron chi connectivity index (χ2n) is 7.74. The van der Waals surface area contributed by atoms with E-state index in [1.807, 2.05) is 23.1 Å². The van der Waals surface area contributed by atoms with Crippen LogP contribution in [0.15, 0.2) is 35.3 Å². The Hall–Kier alpha value is -2.17. The van der Waals surface area contributed by atoms with Gasteiger partial charge in [-0.1, -0.05) is 39.8 Å². The zero-order chi connectivity index (χ0) is 19.1. The second-order valence-corrected chi connectivity index (χ2v) is 7.74. The van der Waals surface area contributed by atoms with Crippen molar-refractivity contribution in [3.63, 3.8) is 0 Å². The fourth-order valence-electron chi connectivity index (χ4n) is 2.89. The molecule has 0 spiro atoms. The summed E-state index contributed by atoms with van der Waals surface area (Å²) in [7, 11) is 0. The lowest BCUT2D eigenvalue weighted by molar-refractivity contribution is -0.131. The Morgan fingerprint density at radius 3 is 2.31 bits per heavy atom. The molecule has 0 radical (unpaired) electrons. The fourth-order valence-corrected chi connectivity index (χ4v) is 2.89. The lowest BCUT2D eigenvalue weighted by Crippen LogP contribution is -2.34. The summed E-state index contributed by atoms with van der Waals surface area (Å²) in [6, 6.07) is 7.41. The maximum absolute atomic E-state index is 12.8. The van der Waals surface area contributed by atoms with Gasteiger partial charge in [-0.05, 0) is 36.8 Å². The number of aromatic nitrogens is 2. The van der Waals surface area contributed by atoms with E-state index in [0.29, 0.717) is 30.2 Å². The summed E-state index contributed by atoms with van der Waals surface area (Å²) in [5.74, 6) is 1.32. The number of hydrogen-bond acceptors (Lipinski definition) is 3. The van der Waals surface area contributed by atoms with Gasteiger partial charge in [0.1, 0.15) is 0 Å². The average molecular weight is 357 g/mol. The molecular formula is C21H31N3O2. The smallest absolute Gasteiger partial charge is 0.224 e. The topological polar surface area (TPSA) is 55.2 Å². The van der Waals surface area contributed by atoms with E-state index in [4.69, 9.17) is 0 Å². The van der Waals surface area contributed by atoms with E-state index in [1.165, 1.54) is 6.20 Å². The van der Waals surface area contributed by atoms with Gasteiger partial charge in [-0.2, -0.15) is 5.10 Å². The van der Waals surface area contributed by atoms with Crippen LogP contribution in [0.1, 0.15) is 47.0 Å². The molecule has 0 saturated heterocycles. The maximum Gasteiger partial charge on any atom is 0.224 e. The van der Waals surface area contributed by atoms with Crippen LogP contribution in [0, 0.1) is 11.8 Å². The molecule has 0 fully saturated rings. The Kier molecular flexibility index (Phi) is 7.37. The predicted molar refractivity (Wildman–Crippen MR) is 106 cm³/mol. The third-order valence-electron chi connectivity index (χ3n) is 4.60. The van der Waals surface area contributed by atoms with Crippen molar-refractivity contribution in [2.45, 2.75) is 53.5 Å². The molecular weight excluding hydrogens is 326 g/mol. The summed E-state index contributed by atoms with van der Waals surface area (Å²) in [6.45, 7) is 10.8. The molecule has 142 valence electrons. The molecule has 0 saturated carbocycles. The fraction of sp³-hybridized carbons (Fsp3) is 0.571.